The van der Waals surface area contributed by atoms with Gasteiger partial charge in [-0.25, -0.2) is 0 Å². The Bertz CT molecular complexity index is 348. The summed E-state index contributed by atoms with van der Waals surface area (Å²) in [5.41, 5.74) is -1.57. The maximum atomic E-state index is 11.0. The summed E-state index contributed by atoms with van der Waals surface area (Å²) >= 11 is 0. The van der Waals surface area contributed by atoms with Gasteiger partial charge in [-0.1, -0.05) is 0 Å². The number of hydrogen-bond donors (Lipinski definition) is 0. The first kappa shape index (κ1) is 12.4. The molecular formula is C6H3LiN2O5. The van der Waals surface area contributed by atoms with Gasteiger partial charge < -0.3 is 5.11 Å². The Balaban J connectivity index is 0.00000169. The molecular weight excluding hydrogens is 187 g/mol. The minimum atomic E-state index is -1.17. The second-order valence-electron chi connectivity index (χ2n) is 2.14. The summed E-state index contributed by atoms with van der Waals surface area (Å²) in [5.74, 6) is -1.17. The molecule has 1 aromatic rings. The number of nitrogens with zero attached hydrogens (tertiary/aromatic N) is 2. The van der Waals surface area contributed by atoms with Crippen LogP contribution in [0.1, 0.15) is 0 Å². The van der Waals surface area contributed by atoms with E-state index in [1.54, 1.807) is 0 Å². The van der Waals surface area contributed by atoms with Crippen LogP contribution in [0.25, 0.3) is 0 Å². The third-order valence-electron chi connectivity index (χ3n) is 1.37. The van der Waals surface area contributed by atoms with Crippen LogP contribution in [0.5, 0.6) is 5.75 Å². The van der Waals surface area contributed by atoms with Gasteiger partial charge >= 0.3 is 18.9 Å². The molecule has 0 saturated heterocycles. The van der Waals surface area contributed by atoms with E-state index in [1.807, 2.05) is 0 Å². The first-order chi connectivity index (χ1) is 6.04. The first-order valence-corrected chi connectivity index (χ1v) is 3.13. The Morgan fingerprint density at radius 2 is 1.36 bits per heavy atom. The summed E-state index contributed by atoms with van der Waals surface area (Å²) in [6, 6.07) is 2.95. The van der Waals surface area contributed by atoms with Crippen LogP contribution in [-0.4, -0.2) is 9.85 Å². The monoisotopic (exact) mass is 190 g/mol. The number of nitro groups is 2. The Morgan fingerprint density at radius 1 is 1.00 bits per heavy atom. The van der Waals surface area contributed by atoms with Gasteiger partial charge in [-0.15, -0.1) is 0 Å². The summed E-state index contributed by atoms with van der Waals surface area (Å²) in [6.45, 7) is 0. The fourth-order valence-corrected chi connectivity index (χ4v) is 0.801. The minimum absolute atomic E-state index is 0. The molecule has 0 aliphatic carbocycles. The molecule has 0 saturated carbocycles. The summed E-state index contributed by atoms with van der Waals surface area (Å²) in [6.07, 6.45) is 0. The van der Waals surface area contributed by atoms with Crippen LogP contribution in [0, 0.1) is 20.2 Å². The predicted molar refractivity (Wildman–Crippen MR) is 39.2 cm³/mol. The third-order valence-corrected chi connectivity index (χ3v) is 1.37. The van der Waals surface area contributed by atoms with E-state index in [1.165, 1.54) is 0 Å². The van der Waals surface area contributed by atoms with Crippen LogP contribution >= 0.6 is 0 Å². The molecule has 1 aromatic carbocycles. The standard InChI is InChI=1S/C6H4N2O5.Li/c9-6-4(7(10)11)2-1-3-5(6)8(12)13;/h1-3,9H;/q;+1/p-1. The molecule has 0 amide bonds. The van der Waals surface area contributed by atoms with Crippen molar-refractivity contribution in [1.82, 2.24) is 0 Å². The van der Waals surface area contributed by atoms with Crippen molar-refractivity contribution in [2.24, 2.45) is 0 Å². The molecule has 8 heteroatoms. The molecule has 0 radical (unpaired) electrons. The molecule has 0 heterocycles. The maximum absolute atomic E-state index is 11.0. The summed E-state index contributed by atoms with van der Waals surface area (Å²) in [4.78, 5) is 18.5. The van der Waals surface area contributed by atoms with Crippen molar-refractivity contribution in [3.05, 3.63) is 38.4 Å². The van der Waals surface area contributed by atoms with E-state index in [2.05, 4.69) is 0 Å². The zero-order valence-corrected chi connectivity index (χ0v) is 7.17. The molecule has 0 N–H and O–H groups in total. The van der Waals surface area contributed by atoms with Gasteiger partial charge in [0.05, 0.1) is 15.6 Å². The number of rotatable bonds is 2. The quantitative estimate of drug-likeness (QED) is 0.293. The van der Waals surface area contributed by atoms with Crippen LogP contribution < -0.4 is 24.0 Å². The van der Waals surface area contributed by atoms with Crippen molar-refractivity contribution < 1.29 is 33.8 Å². The van der Waals surface area contributed by atoms with Gasteiger partial charge in [0.1, 0.15) is 0 Å². The maximum Gasteiger partial charge on any atom is 1.00 e. The second kappa shape index (κ2) is 4.60. The van der Waals surface area contributed by atoms with Crippen molar-refractivity contribution in [3.63, 3.8) is 0 Å². The number of para-hydroxylation sites is 1. The molecule has 0 atom stereocenters. The average Bonchev–Trinajstić information content (AvgIpc) is 2.03. The van der Waals surface area contributed by atoms with Crippen molar-refractivity contribution in [2.45, 2.75) is 0 Å². The molecule has 0 aromatic heterocycles. The van der Waals surface area contributed by atoms with Crippen LogP contribution in [0.4, 0.5) is 11.4 Å². The van der Waals surface area contributed by atoms with E-state index in [-0.39, 0.29) is 18.9 Å². The van der Waals surface area contributed by atoms with Gasteiger partial charge in [0, 0.05) is 12.1 Å². The van der Waals surface area contributed by atoms with Crippen LogP contribution in [0.2, 0.25) is 0 Å². The molecule has 14 heavy (non-hydrogen) atoms. The van der Waals surface area contributed by atoms with Crippen molar-refractivity contribution in [3.8, 4) is 5.75 Å². The van der Waals surface area contributed by atoms with Gasteiger partial charge in [-0.2, -0.15) is 0 Å². The molecule has 0 spiro atoms. The van der Waals surface area contributed by atoms with E-state index in [0.717, 1.165) is 18.2 Å². The van der Waals surface area contributed by atoms with Crippen LogP contribution in [0.3, 0.4) is 0 Å². The molecule has 1 rings (SSSR count). The van der Waals surface area contributed by atoms with E-state index < -0.39 is 27.0 Å². The van der Waals surface area contributed by atoms with Crippen LogP contribution in [-0.2, 0) is 0 Å². The number of benzene rings is 1. The van der Waals surface area contributed by atoms with Crippen molar-refractivity contribution in [2.75, 3.05) is 0 Å². The van der Waals surface area contributed by atoms with Gasteiger partial charge in [-0.3, -0.25) is 20.2 Å². The molecule has 0 aliphatic rings. The molecule has 7 nitrogen and oxygen atoms in total. The van der Waals surface area contributed by atoms with Crippen LogP contribution in [0.15, 0.2) is 18.2 Å². The number of hydrogen-bond acceptors (Lipinski definition) is 5. The molecule has 0 fully saturated rings. The molecule has 0 aliphatic heterocycles. The topological polar surface area (TPSA) is 109 Å². The molecule has 68 valence electrons. The zero-order valence-electron chi connectivity index (χ0n) is 7.17. The number of nitro benzene ring substituents is 2. The van der Waals surface area contributed by atoms with Crippen molar-refractivity contribution in [1.29, 1.82) is 0 Å². The largest absolute Gasteiger partial charge is 1.00 e. The summed E-state index contributed by atoms with van der Waals surface area (Å²) < 4.78 is 0. The van der Waals surface area contributed by atoms with E-state index in [9.17, 15) is 25.3 Å². The van der Waals surface area contributed by atoms with E-state index in [0.29, 0.717) is 0 Å². The smallest absolute Gasteiger partial charge is 0.863 e. The normalized spacial score (nSPS) is 8.86. The van der Waals surface area contributed by atoms with Gasteiger partial charge in [0.15, 0.2) is 0 Å². The Morgan fingerprint density at radius 3 is 1.64 bits per heavy atom. The SMILES string of the molecule is O=[N+]([O-])c1cccc([N+](=O)[O-])c1[O-].[Li+]. The molecule has 0 bridgehead atoms. The first-order valence-electron chi connectivity index (χ1n) is 3.13. The Hall–Kier alpha value is -1.58. The summed E-state index contributed by atoms with van der Waals surface area (Å²) in [7, 11) is 0. The fourth-order valence-electron chi connectivity index (χ4n) is 0.801. The van der Waals surface area contributed by atoms with Gasteiger partial charge in [-0.05, 0) is 6.07 Å². The Labute approximate surface area is 89.8 Å². The van der Waals surface area contributed by atoms with E-state index in [4.69, 9.17) is 0 Å². The zero-order chi connectivity index (χ0) is 10.0. The van der Waals surface area contributed by atoms with Gasteiger partial charge in [0.25, 0.3) is 11.4 Å². The minimum Gasteiger partial charge on any atom is -0.863 e. The molecule has 0 unspecified atom stereocenters. The Kier molecular flexibility index (Phi) is 4.08. The van der Waals surface area contributed by atoms with Crippen molar-refractivity contribution >= 4 is 11.4 Å². The third kappa shape index (κ3) is 2.22. The van der Waals surface area contributed by atoms with E-state index >= 15 is 0 Å². The average molecular weight is 190 g/mol. The second-order valence-corrected chi connectivity index (χ2v) is 2.14. The summed E-state index contributed by atoms with van der Waals surface area (Å²) in [5, 5.41) is 31.3. The fraction of sp³-hybridized carbons (Fsp3) is 0. The predicted octanol–water partition coefficient (Wildman–Crippen LogP) is -2.42. The van der Waals surface area contributed by atoms with Gasteiger partial charge in [0.2, 0.25) is 0 Å².